The van der Waals surface area contributed by atoms with Gasteiger partial charge in [-0.25, -0.2) is 18.6 Å². The van der Waals surface area contributed by atoms with Crippen LogP contribution in [0.2, 0.25) is 0 Å². The minimum Gasteiger partial charge on any atom is -0.465 e. The van der Waals surface area contributed by atoms with Crippen molar-refractivity contribution in [1.82, 2.24) is 10.3 Å². The molecule has 0 fully saturated rings. The summed E-state index contributed by atoms with van der Waals surface area (Å²) < 4.78 is 27.1. The van der Waals surface area contributed by atoms with Crippen molar-refractivity contribution in [3.05, 3.63) is 48.2 Å². The molecule has 1 heterocycles. The van der Waals surface area contributed by atoms with Crippen LogP contribution in [0.25, 0.3) is 0 Å². The van der Waals surface area contributed by atoms with Gasteiger partial charge in [0.15, 0.2) is 5.82 Å². The number of amides is 2. The van der Waals surface area contributed by atoms with Crippen molar-refractivity contribution < 1.29 is 23.5 Å². The topological polar surface area (TPSA) is 109 Å². The summed E-state index contributed by atoms with van der Waals surface area (Å²) in [5.41, 5.74) is 5.71. The number of nitrogens with one attached hydrogen (secondary N) is 1. The van der Waals surface area contributed by atoms with Crippen molar-refractivity contribution in [1.29, 1.82) is 0 Å². The van der Waals surface area contributed by atoms with Crippen LogP contribution in [0.4, 0.5) is 30.8 Å². The SMILES string of the molecule is CC(NC(=O)O)C(=O)N(c1cc(F)cc(F)c1)c1ncccc1N. The van der Waals surface area contributed by atoms with E-state index in [1.165, 1.54) is 25.3 Å². The van der Waals surface area contributed by atoms with Gasteiger partial charge in [-0.2, -0.15) is 0 Å². The van der Waals surface area contributed by atoms with Crippen LogP contribution in [0.5, 0.6) is 0 Å². The van der Waals surface area contributed by atoms with Gasteiger partial charge in [-0.05, 0) is 31.2 Å². The maximum Gasteiger partial charge on any atom is 0.405 e. The smallest absolute Gasteiger partial charge is 0.405 e. The lowest BCUT2D eigenvalue weighted by Gasteiger charge is -2.26. The molecule has 2 rings (SSSR count). The average molecular weight is 336 g/mol. The minimum atomic E-state index is -1.42. The van der Waals surface area contributed by atoms with Crippen LogP contribution in [-0.2, 0) is 4.79 Å². The van der Waals surface area contributed by atoms with Gasteiger partial charge in [0.2, 0.25) is 0 Å². The van der Waals surface area contributed by atoms with Crippen LogP contribution in [0, 0.1) is 11.6 Å². The average Bonchev–Trinajstić information content (AvgIpc) is 2.47. The van der Waals surface area contributed by atoms with Gasteiger partial charge in [0.05, 0.1) is 11.4 Å². The highest BCUT2D eigenvalue weighted by molar-refractivity contribution is 6.05. The van der Waals surface area contributed by atoms with Crippen molar-refractivity contribution in [2.75, 3.05) is 10.6 Å². The Balaban J connectivity index is 2.55. The highest BCUT2D eigenvalue weighted by Crippen LogP contribution is 2.30. The standard InChI is InChI=1S/C15H14F2N4O3/c1-8(20-15(23)24)14(22)21(13-12(18)3-2-4-19-13)11-6-9(16)5-10(17)7-11/h2-8,20H,18H2,1H3,(H,23,24). The quantitative estimate of drug-likeness (QED) is 0.793. The molecule has 1 aromatic heterocycles. The number of anilines is 3. The molecule has 0 aliphatic heterocycles. The molecule has 126 valence electrons. The normalized spacial score (nSPS) is 11.6. The highest BCUT2D eigenvalue weighted by Gasteiger charge is 2.27. The van der Waals surface area contributed by atoms with Gasteiger partial charge in [0.1, 0.15) is 17.7 Å². The third-order valence-corrected chi connectivity index (χ3v) is 3.06. The first-order valence-corrected chi connectivity index (χ1v) is 6.79. The fourth-order valence-corrected chi connectivity index (χ4v) is 2.06. The number of hydrogen-bond donors (Lipinski definition) is 3. The molecule has 4 N–H and O–H groups in total. The Morgan fingerprint density at radius 3 is 2.46 bits per heavy atom. The Morgan fingerprint density at radius 1 is 1.29 bits per heavy atom. The lowest BCUT2D eigenvalue weighted by atomic mass is 10.2. The van der Waals surface area contributed by atoms with Crippen molar-refractivity contribution in [2.24, 2.45) is 0 Å². The van der Waals surface area contributed by atoms with Gasteiger partial charge in [0, 0.05) is 12.3 Å². The second-order valence-corrected chi connectivity index (χ2v) is 4.89. The number of rotatable bonds is 4. The van der Waals surface area contributed by atoms with E-state index in [0.717, 1.165) is 17.0 Å². The monoisotopic (exact) mass is 336 g/mol. The molecule has 2 aromatic rings. The number of carbonyl (C=O) groups is 2. The van der Waals surface area contributed by atoms with Gasteiger partial charge < -0.3 is 16.2 Å². The lowest BCUT2D eigenvalue weighted by molar-refractivity contribution is -0.119. The Hall–Kier alpha value is -3.23. The Kier molecular flexibility index (Phi) is 4.93. The van der Waals surface area contributed by atoms with E-state index >= 15 is 0 Å². The van der Waals surface area contributed by atoms with Crippen LogP contribution in [0.1, 0.15) is 6.92 Å². The number of halogens is 2. The molecule has 1 atom stereocenters. The van der Waals surface area contributed by atoms with Crippen molar-refractivity contribution in [2.45, 2.75) is 13.0 Å². The maximum atomic E-state index is 13.5. The molecule has 7 nitrogen and oxygen atoms in total. The molecule has 9 heteroatoms. The van der Waals surface area contributed by atoms with E-state index in [1.54, 1.807) is 0 Å². The number of carbonyl (C=O) groups excluding carboxylic acids is 1. The number of benzene rings is 1. The molecule has 0 aliphatic rings. The molecule has 1 unspecified atom stereocenters. The highest BCUT2D eigenvalue weighted by atomic mass is 19.1. The second kappa shape index (κ2) is 6.90. The molecule has 0 saturated carbocycles. The largest absolute Gasteiger partial charge is 0.465 e. The first kappa shape index (κ1) is 17.1. The number of nitrogens with two attached hydrogens (primary N) is 1. The summed E-state index contributed by atoms with van der Waals surface area (Å²) in [6.45, 7) is 1.29. The number of aromatic nitrogens is 1. The fourth-order valence-electron chi connectivity index (χ4n) is 2.06. The zero-order valence-corrected chi connectivity index (χ0v) is 12.5. The molecule has 0 aliphatic carbocycles. The predicted octanol–water partition coefficient (Wildman–Crippen LogP) is 2.26. The van der Waals surface area contributed by atoms with E-state index in [2.05, 4.69) is 4.98 Å². The Morgan fingerprint density at radius 2 is 1.92 bits per heavy atom. The summed E-state index contributed by atoms with van der Waals surface area (Å²) in [5, 5.41) is 10.7. The third kappa shape index (κ3) is 3.75. The number of nitrogens with zero attached hydrogens (tertiary/aromatic N) is 2. The summed E-state index contributed by atoms with van der Waals surface area (Å²) in [5.74, 6) is -2.67. The number of hydrogen-bond acceptors (Lipinski definition) is 4. The van der Waals surface area contributed by atoms with Crippen LogP contribution < -0.4 is 16.0 Å². The van der Waals surface area contributed by atoms with Crippen LogP contribution >= 0.6 is 0 Å². The number of pyridine rings is 1. The Labute approximate surface area is 135 Å². The third-order valence-electron chi connectivity index (χ3n) is 3.06. The summed E-state index contributed by atoms with van der Waals surface area (Å²) >= 11 is 0. The van der Waals surface area contributed by atoms with Crippen LogP contribution in [-0.4, -0.2) is 28.1 Å². The summed E-state index contributed by atoms with van der Waals surface area (Å²) in [4.78, 5) is 28.2. The molecule has 2 amide bonds. The van der Waals surface area contributed by atoms with Gasteiger partial charge in [-0.3, -0.25) is 9.69 Å². The number of nitrogen functional groups attached to an aromatic ring is 1. The van der Waals surface area contributed by atoms with E-state index in [-0.39, 0.29) is 17.2 Å². The van der Waals surface area contributed by atoms with Gasteiger partial charge in [0.25, 0.3) is 5.91 Å². The van der Waals surface area contributed by atoms with Crippen molar-refractivity contribution >= 4 is 29.2 Å². The molecule has 0 spiro atoms. The van der Waals surface area contributed by atoms with Gasteiger partial charge in [-0.15, -0.1) is 0 Å². The maximum absolute atomic E-state index is 13.5. The van der Waals surface area contributed by atoms with E-state index in [9.17, 15) is 18.4 Å². The summed E-state index contributed by atoms with van der Waals surface area (Å²) in [7, 11) is 0. The summed E-state index contributed by atoms with van der Waals surface area (Å²) in [6.07, 6.45) is -0.0769. The molecule has 0 saturated heterocycles. The van der Waals surface area contributed by atoms with Crippen molar-refractivity contribution in [3.63, 3.8) is 0 Å². The first-order valence-electron chi connectivity index (χ1n) is 6.79. The Bertz CT molecular complexity index is 765. The van der Waals surface area contributed by atoms with E-state index in [4.69, 9.17) is 10.8 Å². The summed E-state index contributed by atoms with van der Waals surface area (Å²) in [6, 6.07) is 4.26. The first-order chi connectivity index (χ1) is 11.3. The van der Waals surface area contributed by atoms with Gasteiger partial charge >= 0.3 is 6.09 Å². The van der Waals surface area contributed by atoms with Crippen molar-refractivity contribution in [3.8, 4) is 0 Å². The zero-order chi connectivity index (χ0) is 17.9. The molecule has 0 radical (unpaired) electrons. The molecular weight excluding hydrogens is 322 g/mol. The fraction of sp³-hybridized carbons (Fsp3) is 0.133. The molecule has 1 aromatic carbocycles. The molecule has 24 heavy (non-hydrogen) atoms. The molecular formula is C15H14F2N4O3. The number of carboxylic acid groups (broad SMARTS) is 1. The van der Waals surface area contributed by atoms with E-state index < -0.39 is 29.7 Å². The zero-order valence-electron chi connectivity index (χ0n) is 12.5. The molecule has 0 bridgehead atoms. The lowest BCUT2D eigenvalue weighted by Crippen LogP contribution is -2.45. The van der Waals surface area contributed by atoms with Gasteiger partial charge in [-0.1, -0.05) is 0 Å². The van der Waals surface area contributed by atoms with Crippen LogP contribution in [0.15, 0.2) is 36.5 Å². The van der Waals surface area contributed by atoms with E-state index in [1.807, 2.05) is 5.32 Å². The second-order valence-electron chi connectivity index (χ2n) is 4.89. The van der Waals surface area contributed by atoms with E-state index in [0.29, 0.717) is 6.07 Å². The predicted molar refractivity (Wildman–Crippen MR) is 82.8 cm³/mol. The van der Waals surface area contributed by atoms with Crippen LogP contribution in [0.3, 0.4) is 0 Å². The minimum absolute atomic E-state index is 0.0634.